The van der Waals surface area contributed by atoms with Gasteiger partial charge in [-0.1, -0.05) is 6.07 Å². The molecular weight excluding hydrogens is 396 g/mol. The fourth-order valence-corrected chi connectivity index (χ4v) is 3.57. The fourth-order valence-electron chi connectivity index (χ4n) is 3.57. The van der Waals surface area contributed by atoms with Crippen molar-refractivity contribution in [3.05, 3.63) is 45.4 Å². The molecule has 9 nitrogen and oxygen atoms in total. The first-order valence-corrected chi connectivity index (χ1v) is 10.4. The molecule has 3 heterocycles. The number of carbonyl (C=O) groups is 1. The van der Waals surface area contributed by atoms with Gasteiger partial charge in [0.2, 0.25) is 0 Å². The number of amides is 1. The van der Waals surface area contributed by atoms with Gasteiger partial charge in [0, 0.05) is 26.5 Å². The number of aromatic nitrogens is 2. The van der Waals surface area contributed by atoms with Gasteiger partial charge in [0.25, 0.3) is 11.5 Å². The summed E-state index contributed by atoms with van der Waals surface area (Å²) in [4.78, 5) is 34.2. The van der Waals surface area contributed by atoms with E-state index in [1.807, 2.05) is 19.1 Å². The van der Waals surface area contributed by atoms with E-state index in [1.54, 1.807) is 19.4 Å². The Morgan fingerprint density at radius 2 is 2.16 bits per heavy atom. The molecule has 1 aliphatic heterocycles. The van der Waals surface area contributed by atoms with Crippen molar-refractivity contribution in [1.82, 2.24) is 14.7 Å². The zero-order chi connectivity index (χ0) is 22.4. The number of quaternary nitrogens is 1. The highest BCUT2D eigenvalue weighted by Crippen LogP contribution is 2.20. The lowest BCUT2D eigenvalue weighted by Crippen LogP contribution is -3.12. The number of pyridine rings is 1. The van der Waals surface area contributed by atoms with Crippen molar-refractivity contribution in [2.45, 2.75) is 13.3 Å². The average molecular weight is 426 g/mol. The molecule has 2 aromatic heterocycles. The molecule has 9 heteroatoms. The van der Waals surface area contributed by atoms with Crippen molar-refractivity contribution in [2.24, 2.45) is 0 Å². The number of ether oxygens (including phenoxy) is 1. The number of carbonyl (C=O) groups excluding carboxylic acids is 1. The second-order valence-electron chi connectivity index (χ2n) is 7.76. The molecular formula is C22H29N6O3+. The summed E-state index contributed by atoms with van der Waals surface area (Å²) in [5.41, 5.74) is 1.30. The van der Waals surface area contributed by atoms with Crippen LogP contribution in [0.2, 0.25) is 0 Å². The second kappa shape index (κ2) is 10.2. The lowest BCUT2D eigenvalue weighted by atomic mass is 10.1. The van der Waals surface area contributed by atoms with Crippen LogP contribution in [0.25, 0.3) is 11.7 Å². The number of aryl methyl sites for hydroxylation is 1. The van der Waals surface area contributed by atoms with Gasteiger partial charge >= 0.3 is 0 Å². The Kier molecular flexibility index (Phi) is 7.39. The molecule has 0 bridgehead atoms. The summed E-state index contributed by atoms with van der Waals surface area (Å²) in [5, 5.41) is 12.3. The second-order valence-corrected chi connectivity index (χ2v) is 7.76. The first-order valence-electron chi connectivity index (χ1n) is 10.4. The highest BCUT2D eigenvalue weighted by molar-refractivity contribution is 6.02. The zero-order valence-electron chi connectivity index (χ0n) is 18.3. The Morgan fingerprint density at radius 1 is 1.42 bits per heavy atom. The quantitative estimate of drug-likeness (QED) is 0.349. The summed E-state index contributed by atoms with van der Waals surface area (Å²) in [6.45, 7) is 6.12. The summed E-state index contributed by atoms with van der Waals surface area (Å²) in [7, 11) is 3.72. The Labute approximate surface area is 181 Å². The lowest BCUT2D eigenvalue weighted by Gasteiger charge is -2.31. The smallest absolute Gasteiger partial charge is 0.267 e. The maximum Gasteiger partial charge on any atom is 0.267 e. The normalized spacial score (nSPS) is 15.2. The largest absolute Gasteiger partial charge is 0.385 e. The number of rotatable bonds is 7. The van der Waals surface area contributed by atoms with Gasteiger partial charge in [0.1, 0.15) is 23.1 Å². The summed E-state index contributed by atoms with van der Waals surface area (Å²) >= 11 is 0. The van der Waals surface area contributed by atoms with Crippen molar-refractivity contribution in [3.63, 3.8) is 0 Å². The van der Waals surface area contributed by atoms with Crippen LogP contribution in [-0.4, -0.2) is 68.8 Å². The topological polar surface area (TPSA) is 104 Å². The third kappa shape index (κ3) is 5.10. The number of nitriles is 1. The van der Waals surface area contributed by atoms with Crippen LogP contribution < -0.4 is 20.7 Å². The van der Waals surface area contributed by atoms with Crippen LogP contribution in [0.1, 0.15) is 17.5 Å². The van der Waals surface area contributed by atoms with E-state index in [-0.39, 0.29) is 16.7 Å². The van der Waals surface area contributed by atoms with Crippen LogP contribution in [0.5, 0.6) is 0 Å². The maximum absolute atomic E-state index is 13.4. The van der Waals surface area contributed by atoms with E-state index in [0.717, 1.165) is 31.7 Å². The van der Waals surface area contributed by atoms with E-state index in [0.29, 0.717) is 31.0 Å². The number of nitrogens with one attached hydrogen (secondary N) is 2. The first-order chi connectivity index (χ1) is 15.0. The van der Waals surface area contributed by atoms with Gasteiger partial charge in [-0.2, -0.15) is 5.26 Å². The van der Waals surface area contributed by atoms with E-state index >= 15 is 0 Å². The minimum Gasteiger partial charge on any atom is -0.385 e. The van der Waals surface area contributed by atoms with E-state index in [9.17, 15) is 14.9 Å². The third-order valence-corrected chi connectivity index (χ3v) is 5.45. The van der Waals surface area contributed by atoms with Crippen LogP contribution in [0.15, 0.2) is 28.7 Å². The molecule has 1 aliphatic rings. The highest BCUT2D eigenvalue weighted by Gasteiger charge is 2.24. The van der Waals surface area contributed by atoms with E-state index in [1.165, 1.54) is 15.4 Å². The van der Waals surface area contributed by atoms with Crippen LogP contribution in [0.4, 0.5) is 5.82 Å². The molecule has 0 atom stereocenters. The van der Waals surface area contributed by atoms with Gasteiger partial charge in [-0.15, -0.1) is 0 Å². The first kappa shape index (κ1) is 22.5. The minimum atomic E-state index is -0.513. The van der Waals surface area contributed by atoms with Crippen molar-refractivity contribution >= 4 is 23.4 Å². The predicted molar refractivity (Wildman–Crippen MR) is 118 cm³/mol. The van der Waals surface area contributed by atoms with Crippen molar-refractivity contribution in [2.75, 3.05) is 58.4 Å². The monoisotopic (exact) mass is 425 g/mol. The molecule has 31 heavy (non-hydrogen) atoms. The van der Waals surface area contributed by atoms with Gasteiger partial charge < -0.3 is 19.9 Å². The van der Waals surface area contributed by atoms with Gasteiger partial charge in [0.15, 0.2) is 0 Å². The summed E-state index contributed by atoms with van der Waals surface area (Å²) < 4.78 is 6.44. The van der Waals surface area contributed by atoms with E-state index in [2.05, 4.69) is 17.3 Å². The molecule has 0 spiro atoms. The van der Waals surface area contributed by atoms with Crippen LogP contribution in [-0.2, 0) is 9.53 Å². The summed E-state index contributed by atoms with van der Waals surface area (Å²) in [5.74, 6) is 0.00727. The Balaban J connectivity index is 2.06. The molecule has 0 saturated carbocycles. The number of methoxy groups -OCH3 is 1. The van der Waals surface area contributed by atoms with E-state index in [4.69, 9.17) is 9.72 Å². The average Bonchev–Trinajstić information content (AvgIpc) is 2.77. The van der Waals surface area contributed by atoms with Crippen LogP contribution >= 0.6 is 0 Å². The molecule has 1 amide bonds. The fraction of sp³-hybridized carbons (Fsp3) is 0.455. The number of hydrogen-bond acceptors (Lipinski definition) is 6. The predicted octanol–water partition coefficient (Wildman–Crippen LogP) is -0.603. The van der Waals surface area contributed by atoms with Crippen molar-refractivity contribution < 1.29 is 14.4 Å². The standard InChI is InChI=1S/C22H28N6O3/c1-16-6-4-8-28-19(16)25-20(27-11-9-26(2)10-12-27)18(22(28)30)14-17(15-23)21(29)24-7-5-13-31-3/h4,6,8,14H,5,7,9-13H2,1-3H3,(H,24,29)/p+1/b17-14-. The summed E-state index contributed by atoms with van der Waals surface area (Å²) in [6, 6.07) is 5.62. The Bertz CT molecular complexity index is 1080. The SMILES string of the molecule is COCCCNC(=O)/C(C#N)=C\c1c(N2CC[NH+](C)CC2)nc2c(C)cccn2c1=O. The zero-order valence-corrected chi connectivity index (χ0v) is 18.3. The third-order valence-electron chi connectivity index (χ3n) is 5.45. The Hall–Kier alpha value is -3.22. The van der Waals surface area contributed by atoms with Crippen LogP contribution in [0.3, 0.4) is 0 Å². The van der Waals surface area contributed by atoms with Gasteiger partial charge in [-0.25, -0.2) is 4.98 Å². The minimum absolute atomic E-state index is 0.120. The maximum atomic E-state index is 13.4. The van der Waals surface area contributed by atoms with Crippen molar-refractivity contribution in [1.29, 1.82) is 5.26 Å². The number of anilines is 1. The van der Waals surface area contributed by atoms with Crippen molar-refractivity contribution in [3.8, 4) is 6.07 Å². The number of nitrogens with zero attached hydrogens (tertiary/aromatic N) is 4. The van der Waals surface area contributed by atoms with E-state index < -0.39 is 5.91 Å². The summed E-state index contributed by atoms with van der Waals surface area (Å²) in [6.07, 6.45) is 3.66. The number of likely N-dealkylation sites (N-methyl/N-ethyl adjacent to an activating group) is 1. The molecule has 0 aromatic carbocycles. The molecule has 0 radical (unpaired) electrons. The van der Waals surface area contributed by atoms with Gasteiger partial charge in [-0.05, 0) is 31.1 Å². The lowest BCUT2D eigenvalue weighted by molar-refractivity contribution is -0.880. The molecule has 1 saturated heterocycles. The Morgan fingerprint density at radius 3 is 2.84 bits per heavy atom. The molecule has 1 fully saturated rings. The number of piperazine rings is 1. The van der Waals surface area contributed by atoms with Gasteiger partial charge in [0.05, 0.1) is 38.8 Å². The molecule has 3 rings (SSSR count). The molecule has 164 valence electrons. The van der Waals surface area contributed by atoms with Crippen LogP contribution in [0, 0.1) is 18.3 Å². The molecule has 2 aromatic rings. The van der Waals surface area contributed by atoms with Gasteiger partial charge in [-0.3, -0.25) is 14.0 Å². The molecule has 0 aliphatic carbocycles. The number of hydrogen-bond donors (Lipinski definition) is 2. The molecule has 2 N–H and O–H groups in total. The molecule has 0 unspecified atom stereocenters. The number of fused-ring (bicyclic) bond motifs is 1. The highest BCUT2D eigenvalue weighted by atomic mass is 16.5.